The summed E-state index contributed by atoms with van der Waals surface area (Å²) in [5, 5.41) is 21.0. The number of para-hydroxylation sites is 1. The van der Waals surface area contributed by atoms with Gasteiger partial charge in [-0.15, -0.1) is 0 Å². The van der Waals surface area contributed by atoms with Gasteiger partial charge in [-0.3, -0.25) is 10.1 Å². The number of aromatic amines is 1. The van der Waals surface area contributed by atoms with Gasteiger partial charge in [-0.05, 0) is 24.6 Å². The molecule has 0 fully saturated rings. The number of nitro benzene ring substituents is 1. The first kappa shape index (κ1) is 14.1. The number of aryl methyl sites for hydroxylation is 1. The van der Waals surface area contributed by atoms with Crippen molar-refractivity contribution in [2.24, 2.45) is 0 Å². The average Bonchev–Trinajstić information content (AvgIpc) is 2.95. The van der Waals surface area contributed by atoms with Crippen LogP contribution in [0.2, 0.25) is 0 Å². The van der Waals surface area contributed by atoms with Gasteiger partial charge in [0, 0.05) is 12.1 Å². The lowest BCUT2D eigenvalue weighted by Gasteiger charge is -2.08. The van der Waals surface area contributed by atoms with E-state index < -0.39 is 14.8 Å². The molecule has 0 saturated carbocycles. The zero-order chi connectivity index (χ0) is 15.9. The van der Waals surface area contributed by atoms with Gasteiger partial charge in [-0.2, -0.15) is 15.4 Å². The minimum absolute atomic E-state index is 0.0395. The van der Waals surface area contributed by atoms with Crippen molar-refractivity contribution in [1.29, 1.82) is 0 Å². The number of fused-ring (bicyclic) bond motifs is 1. The van der Waals surface area contributed by atoms with Crippen LogP contribution in [0.5, 0.6) is 0 Å². The summed E-state index contributed by atoms with van der Waals surface area (Å²) in [7, 11) is -3.95. The molecular formula is C13H10N4O4S. The van der Waals surface area contributed by atoms with Crippen molar-refractivity contribution >= 4 is 26.6 Å². The summed E-state index contributed by atoms with van der Waals surface area (Å²) in [4.78, 5) is 10.1. The predicted molar refractivity (Wildman–Crippen MR) is 77.2 cm³/mol. The van der Waals surface area contributed by atoms with E-state index in [1.54, 1.807) is 19.1 Å². The lowest BCUT2D eigenvalue weighted by molar-refractivity contribution is -0.385. The molecule has 0 unspecified atom stereocenters. The number of hydrogen-bond donors (Lipinski definition) is 1. The molecule has 1 heterocycles. The first-order chi connectivity index (χ1) is 10.4. The second-order valence-electron chi connectivity index (χ2n) is 4.66. The van der Waals surface area contributed by atoms with Gasteiger partial charge in [0.25, 0.3) is 5.69 Å². The highest BCUT2D eigenvalue weighted by atomic mass is 32.2. The summed E-state index contributed by atoms with van der Waals surface area (Å²) in [6, 6.07) is 8.31. The summed E-state index contributed by atoms with van der Waals surface area (Å²) in [6.45, 7) is 1.58. The third-order valence-electron chi connectivity index (χ3n) is 3.27. The van der Waals surface area contributed by atoms with E-state index in [0.29, 0.717) is 11.1 Å². The maximum atomic E-state index is 12.8. The molecule has 8 nitrogen and oxygen atoms in total. The number of nitrogens with one attached hydrogen (secondary N) is 1. The summed E-state index contributed by atoms with van der Waals surface area (Å²) < 4.78 is 25.7. The number of aromatic nitrogens is 3. The summed E-state index contributed by atoms with van der Waals surface area (Å²) >= 11 is 0. The molecule has 0 atom stereocenters. The number of nitro groups is 1. The van der Waals surface area contributed by atoms with E-state index in [9.17, 15) is 18.5 Å². The zero-order valence-electron chi connectivity index (χ0n) is 11.3. The predicted octanol–water partition coefficient (Wildman–Crippen LogP) is 2.01. The molecule has 0 bridgehead atoms. The van der Waals surface area contributed by atoms with E-state index >= 15 is 0 Å². The number of benzene rings is 2. The van der Waals surface area contributed by atoms with Crippen molar-refractivity contribution in [3.8, 4) is 0 Å². The second kappa shape index (κ2) is 4.88. The van der Waals surface area contributed by atoms with Crippen LogP contribution in [0.15, 0.2) is 46.2 Å². The van der Waals surface area contributed by atoms with Crippen LogP contribution in [-0.4, -0.2) is 28.8 Å². The Morgan fingerprint density at radius 1 is 1.14 bits per heavy atom. The van der Waals surface area contributed by atoms with Crippen LogP contribution in [0.1, 0.15) is 5.56 Å². The number of nitrogens with zero attached hydrogens (tertiary/aromatic N) is 3. The highest BCUT2D eigenvalue weighted by Crippen LogP contribution is 2.30. The fourth-order valence-corrected chi connectivity index (χ4v) is 3.84. The van der Waals surface area contributed by atoms with E-state index in [2.05, 4.69) is 15.4 Å². The number of H-pyrrole nitrogens is 1. The van der Waals surface area contributed by atoms with Gasteiger partial charge >= 0.3 is 0 Å². The Morgan fingerprint density at radius 2 is 1.91 bits per heavy atom. The van der Waals surface area contributed by atoms with Gasteiger partial charge in [0.05, 0.1) is 9.82 Å². The van der Waals surface area contributed by atoms with Crippen molar-refractivity contribution in [2.75, 3.05) is 0 Å². The van der Waals surface area contributed by atoms with Crippen LogP contribution >= 0.6 is 0 Å². The SMILES string of the molecule is Cc1ccc([N+](=O)[O-])cc1S(=O)(=O)c1cccc2n[nH]nc12. The Morgan fingerprint density at radius 3 is 2.64 bits per heavy atom. The molecule has 0 saturated heterocycles. The highest BCUT2D eigenvalue weighted by molar-refractivity contribution is 7.91. The van der Waals surface area contributed by atoms with Crippen LogP contribution in [-0.2, 0) is 9.84 Å². The van der Waals surface area contributed by atoms with E-state index in [0.717, 1.165) is 6.07 Å². The van der Waals surface area contributed by atoms with E-state index in [-0.39, 0.29) is 21.0 Å². The maximum absolute atomic E-state index is 12.8. The minimum Gasteiger partial charge on any atom is -0.258 e. The first-order valence-corrected chi connectivity index (χ1v) is 7.69. The topological polar surface area (TPSA) is 119 Å². The molecule has 3 aromatic rings. The van der Waals surface area contributed by atoms with Crippen LogP contribution in [0, 0.1) is 17.0 Å². The Kier molecular flexibility index (Phi) is 3.14. The molecule has 9 heteroatoms. The fraction of sp³-hybridized carbons (Fsp3) is 0.0769. The Balaban J connectivity index is 2.29. The van der Waals surface area contributed by atoms with Gasteiger partial charge < -0.3 is 0 Å². The molecular weight excluding hydrogens is 308 g/mol. The van der Waals surface area contributed by atoms with Crippen LogP contribution in [0.25, 0.3) is 11.0 Å². The van der Waals surface area contributed by atoms with Crippen molar-refractivity contribution in [3.63, 3.8) is 0 Å². The third kappa shape index (κ3) is 2.11. The smallest absolute Gasteiger partial charge is 0.258 e. The van der Waals surface area contributed by atoms with Crippen LogP contribution in [0.3, 0.4) is 0 Å². The molecule has 0 aliphatic heterocycles. The highest BCUT2D eigenvalue weighted by Gasteiger charge is 2.25. The summed E-state index contributed by atoms with van der Waals surface area (Å²) in [6.07, 6.45) is 0. The summed E-state index contributed by atoms with van der Waals surface area (Å²) in [5.74, 6) is 0. The molecule has 3 rings (SSSR count). The lowest BCUT2D eigenvalue weighted by atomic mass is 10.2. The Bertz CT molecular complexity index is 994. The zero-order valence-corrected chi connectivity index (χ0v) is 12.2. The van der Waals surface area contributed by atoms with Crippen molar-refractivity contribution in [3.05, 3.63) is 52.1 Å². The molecule has 112 valence electrons. The first-order valence-electron chi connectivity index (χ1n) is 6.21. The minimum atomic E-state index is -3.95. The van der Waals surface area contributed by atoms with Gasteiger partial charge in [0.1, 0.15) is 15.9 Å². The Hall–Kier alpha value is -2.81. The third-order valence-corrected chi connectivity index (χ3v) is 5.20. The molecule has 0 radical (unpaired) electrons. The van der Waals surface area contributed by atoms with Crippen LogP contribution < -0.4 is 0 Å². The maximum Gasteiger partial charge on any atom is 0.270 e. The number of non-ortho nitro benzene ring substituents is 1. The van der Waals surface area contributed by atoms with Gasteiger partial charge in [-0.25, -0.2) is 8.42 Å². The molecule has 0 amide bonds. The molecule has 0 aliphatic carbocycles. The molecule has 0 spiro atoms. The standard InChI is InChI=1S/C13H10N4O4S/c1-8-5-6-9(17(18)19)7-12(8)22(20,21)11-4-2-3-10-13(11)15-16-14-10/h2-7H,1H3,(H,14,15,16). The van der Waals surface area contributed by atoms with Crippen molar-refractivity contribution in [2.45, 2.75) is 16.7 Å². The molecule has 22 heavy (non-hydrogen) atoms. The molecule has 1 aromatic heterocycles. The van der Waals surface area contributed by atoms with Gasteiger partial charge in [0.15, 0.2) is 0 Å². The molecule has 1 N–H and O–H groups in total. The quantitative estimate of drug-likeness (QED) is 0.582. The van der Waals surface area contributed by atoms with Gasteiger partial charge in [-0.1, -0.05) is 12.1 Å². The van der Waals surface area contributed by atoms with E-state index in [4.69, 9.17) is 0 Å². The van der Waals surface area contributed by atoms with Gasteiger partial charge in [0.2, 0.25) is 9.84 Å². The normalized spacial score (nSPS) is 11.7. The van der Waals surface area contributed by atoms with E-state index in [1.807, 2.05) is 0 Å². The number of hydrogen-bond acceptors (Lipinski definition) is 6. The van der Waals surface area contributed by atoms with E-state index in [1.165, 1.54) is 18.2 Å². The Labute approximate surface area is 124 Å². The molecule has 0 aliphatic rings. The van der Waals surface area contributed by atoms with Crippen molar-refractivity contribution < 1.29 is 13.3 Å². The lowest BCUT2D eigenvalue weighted by Crippen LogP contribution is -2.06. The largest absolute Gasteiger partial charge is 0.270 e. The van der Waals surface area contributed by atoms with Crippen molar-refractivity contribution in [1.82, 2.24) is 15.4 Å². The fourth-order valence-electron chi connectivity index (χ4n) is 2.17. The van der Waals surface area contributed by atoms with Crippen LogP contribution in [0.4, 0.5) is 5.69 Å². The molecule has 2 aromatic carbocycles. The monoisotopic (exact) mass is 318 g/mol. The summed E-state index contributed by atoms with van der Waals surface area (Å²) in [5.41, 5.74) is 0.750. The average molecular weight is 318 g/mol. The number of sulfone groups is 1. The second-order valence-corrected chi connectivity index (χ2v) is 6.54. The number of rotatable bonds is 3.